The highest BCUT2D eigenvalue weighted by Gasteiger charge is 2.32. The van der Waals surface area contributed by atoms with Crippen molar-refractivity contribution in [1.29, 1.82) is 0 Å². The van der Waals surface area contributed by atoms with Crippen molar-refractivity contribution in [3.05, 3.63) is 18.0 Å². The van der Waals surface area contributed by atoms with Crippen LogP contribution in [-0.4, -0.2) is 9.78 Å². The Morgan fingerprint density at radius 2 is 2.12 bits per heavy atom. The van der Waals surface area contributed by atoms with Crippen LogP contribution in [0.15, 0.2) is 12.3 Å². The van der Waals surface area contributed by atoms with E-state index in [9.17, 15) is 0 Å². The largest absolute Gasteiger partial charge is 0.271 e. The van der Waals surface area contributed by atoms with Crippen LogP contribution in [0.1, 0.15) is 51.3 Å². The van der Waals surface area contributed by atoms with Crippen LogP contribution in [0.5, 0.6) is 0 Å². The first-order valence-electron chi connectivity index (χ1n) is 6.47. The van der Waals surface area contributed by atoms with Crippen molar-refractivity contribution in [3.8, 4) is 0 Å². The van der Waals surface area contributed by atoms with Crippen LogP contribution in [0.2, 0.25) is 0 Å². The van der Waals surface area contributed by atoms with Gasteiger partial charge in [0.1, 0.15) is 0 Å². The van der Waals surface area contributed by atoms with Crippen molar-refractivity contribution in [2.75, 3.05) is 0 Å². The van der Waals surface area contributed by atoms with Gasteiger partial charge in [-0.25, -0.2) is 0 Å². The maximum absolute atomic E-state index is 5.74. The number of nitrogens with zero attached hydrogens (tertiary/aromatic N) is 2. The third-order valence-corrected chi connectivity index (χ3v) is 4.21. The van der Waals surface area contributed by atoms with Crippen molar-refractivity contribution < 1.29 is 0 Å². The predicted octanol–water partition coefficient (Wildman–Crippen LogP) is 2.14. The predicted molar refractivity (Wildman–Crippen MR) is 69.0 cm³/mol. The summed E-state index contributed by atoms with van der Waals surface area (Å²) in [7, 11) is 1.98. The second-order valence-electron chi connectivity index (χ2n) is 6.03. The zero-order chi connectivity index (χ0) is 12.5. The highest BCUT2D eigenvalue weighted by molar-refractivity contribution is 5.08. The third-order valence-electron chi connectivity index (χ3n) is 4.21. The number of aryl methyl sites for hydroxylation is 1. The lowest BCUT2D eigenvalue weighted by atomic mass is 9.71. The molecule has 0 radical (unpaired) electrons. The molecule has 0 bridgehead atoms. The number of hydrogen-bond acceptors (Lipinski definition) is 3. The maximum Gasteiger partial charge on any atom is 0.0657 e. The fraction of sp³-hybridized carbons (Fsp3) is 0.769. The first kappa shape index (κ1) is 12.6. The standard InChI is InChI=1S/C13H24N4/c1-13(2)7-4-10(5-8-13)12(16-14)11-6-9-15-17(11)3/h6,9-10,12,16H,4-5,7-8,14H2,1-3H3. The first-order valence-corrected chi connectivity index (χ1v) is 6.47. The minimum absolute atomic E-state index is 0.235. The Balaban J connectivity index is 2.08. The first-order chi connectivity index (χ1) is 8.03. The van der Waals surface area contributed by atoms with Crippen molar-refractivity contribution in [2.45, 2.75) is 45.6 Å². The summed E-state index contributed by atoms with van der Waals surface area (Å²) in [4.78, 5) is 0. The molecule has 2 rings (SSSR count). The van der Waals surface area contributed by atoms with Crippen molar-refractivity contribution in [3.63, 3.8) is 0 Å². The minimum atomic E-state index is 0.235. The van der Waals surface area contributed by atoms with E-state index in [-0.39, 0.29) is 6.04 Å². The molecule has 0 saturated heterocycles. The summed E-state index contributed by atoms with van der Waals surface area (Å²) < 4.78 is 1.92. The molecule has 0 spiro atoms. The fourth-order valence-corrected chi connectivity index (χ4v) is 2.91. The van der Waals surface area contributed by atoms with Crippen molar-refractivity contribution in [1.82, 2.24) is 15.2 Å². The Morgan fingerprint density at radius 1 is 1.47 bits per heavy atom. The van der Waals surface area contributed by atoms with E-state index in [1.807, 2.05) is 17.9 Å². The Hall–Kier alpha value is -0.870. The van der Waals surface area contributed by atoms with E-state index >= 15 is 0 Å². The van der Waals surface area contributed by atoms with Gasteiger partial charge in [-0.1, -0.05) is 13.8 Å². The molecule has 0 aliphatic heterocycles. The maximum atomic E-state index is 5.74. The number of hydrogen-bond donors (Lipinski definition) is 2. The molecule has 1 aliphatic rings. The van der Waals surface area contributed by atoms with E-state index in [1.165, 1.54) is 31.4 Å². The molecule has 96 valence electrons. The van der Waals surface area contributed by atoms with Gasteiger partial charge in [0.25, 0.3) is 0 Å². The number of rotatable bonds is 3. The van der Waals surface area contributed by atoms with Gasteiger partial charge in [-0.05, 0) is 43.1 Å². The summed E-state index contributed by atoms with van der Waals surface area (Å²) in [6.07, 6.45) is 6.90. The van der Waals surface area contributed by atoms with E-state index in [2.05, 4.69) is 30.4 Å². The van der Waals surface area contributed by atoms with E-state index in [1.54, 1.807) is 0 Å². The lowest BCUT2D eigenvalue weighted by Gasteiger charge is -2.37. The van der Waals surface area contributed by atoms with Gasteiger partial charge in [0.15, 0.2) is 0 Å². The summed E-state index contributed by atoms with van der Waals surface area (Å²) in [5.41, 5.74) is 4.68. The molecule has 1 unspecified atom stereocenters. The molecule has 1 heterocycles. The van der Waals surface area contributed by atoms with E-state index in [0.717, 1.165) is 0 Å². The van der Waals surface area contributed by atoms with Gasteiger partial charge in [-0.15, -0.1) is 0 Å². The van der Waals surface area contributed by atoms with E-state index < -0.39 is 0 Å². The summed E-state index contributed by atoms with van der Waals surface area (Å²) >= 11 is 0. The molecule has 1 aromatic heterocycles. The van der Waals surface area contributed by atoms with E-state index in [4.69, 9.17) is 5.84 Å². The molecular weight excluding hydrogens is 212 g/mol. The molecule has 3 N–H and O–H groups in total. The quantitative estimate of drug-likeness (QED) is 0.624. The Kier molecular flexibility index (Phi) is 3.54. The molecule has 0 amide bonds. The molecule has 4 nitrogen and oxygen atoms in total. The Bertz CT molecular complexity index is 359. The highest BCUT2D eigenvalue weighted by Crippen LogP contribution is 2.42. The molecule has 1 aliphatic carbocycles. The minimum Gasteiger partial charge on any atom is -0.271 e. The molecule has 1 fully saturated rings. The van der Waals surface area contributed by atoms with Gasteiger partial charge in [-0.3, -0.25) is 16.0 Å². The number of nitrogens with one attached hydrogen (secondary N) is 1. The van der Waals surface area contributed by atoms with Gasteiger partial charge in [0.05, 0.1) is 11.7 Å². The molecule has 1 saturated carbocycles. The van der Waals surface area contributed by atoms with Gasteiger partial charge >= 0.3 is 0 Å². The number of aromatic nitrogens is 2. The zero-order valence-corrected chi connectivity index (χ0v) is 11.1. The van der Waals surface area contributed by atoms with Crippen LogP contribution in [0.4, 0.5) is 0 Å². The SMILES string of the molecule is Cn1nccc1C(NN)C1CCC(C)(C)CC1. The average Bonchev–Trinajstić information content (AvgIpc) is 2.69. The van der Waals surface area contributed by atoms with Gasteiger partial charge in [0, 0.05) is 13.2 Å². The second-order valence-corrected chi connectivity index (χ2v) is 6.03. The fourth-order valence-electron chi connectivity index (χ4n) is 2.91. The summed E-state index contributed by atoms with van der Waals surface area (Å²) in [5, 5.41) is 4.23. The van der Waals surface area contributed by atoms with Crippen LogP contribution in [-0.2, 0) is 7.05 Å². The van der Waals surface area contributed by atoms with Gasteiger partial charge in [0.2, 0.25) is 0 Å². The smallest absolute Gasteiger partial charge is 0.0657 e. The molecule has 17 heavy (non-hydrogen) atoms. The zero-order valence-electron chi connectivity index (χ0n) is 11.1. The van der Waals surface area contributed by atoms with Crippen molar-refractivity contribution in [2.24, 2.45) is 24.2 Å². The normalized spacial score (nSPS) is 22.6. The molecule has 1 aromatic rings. The lowest BCUT2D eigenvalue weighted by Crippen LogP contribution is -2.37. The van der Waals surface area contributed by atoms with Crippen LogP contribution in [0.25, 0.3) is 0 Å². The Labute approximate surface area is 104 Å². The summed E-state index contributed by atoms with van der Waals surface area (Å²) in [6.45, 7) is 4.72. The van der Waals surface area contributed by atoms with E-state index in [0.29, 0.717) is 11.3 Å². The second kappa shape index (κ2) is 4.78. The highest BCUT2D eigenvalue weighted by atomic mass is 15.3. The van der Waals surface area contributed by atoms with Crippen LogP contribution < -0.4 is 11.3 Å². The van der Waals surface area contributed by atoms with Crippen LogP contribution >= 0.6 is 0 Å². The van der Waals surface area contributed by atoms with Crippen LogP contribution in [0, 0.1) is 11.3 Å². The number of hydrazine groups is 1. The third kappa shape index (κ3) is 2.69. The molecule has 1 atom stereocenters. The average molecular weight is 236 g/mol. The monoisotopic (exact) mass is 236 g/mol. The Morgan fingerprint density at radius 3 is 2.59 bits per heavy atom. The molecule has 4 heteroatoms. The van der Waals surface area contributed by atoms with Gasteiger partial charge < -0.3 is 0 Å². The topological polar surface area (TPSA) is 55.9 Å². The van der Waals surface area contributed by atoms with Gasteiger partial charge in [-0.2, -0.15) is 5.10 Å². The summed E-state index contributed by atoms with van der Waals surface area (Å²) in [5.74, 6) is 6.37. The van der Waals surface area contributed by atoms with Crippen molar-refractivity contribution >= 4 is 0 Å². The van der Waals surface area contributed by atoms with Crippen LogP contribution in [0.3, 0.4) is 0 Å². The molecular formula is C13H24N4. The lowest BCUT2D eigenvalue weighted by molar-refractivity contribution is 0.158. The molecule has 0 aromatic carbocycles. The summed E-state index contributed by atoms with van der Waals surface area (Å²) in [6, 6.07) is 2.29. The number of nitrogens with two attached hydrogens (primary N) is 1.